The molecule has 0 radical (unpaired) electrons. The van der Waals surface area contributed by atoms with Crippen LogP contribution in [0.5, 0.6) is 5.75 Å². The van der Waals surface area contributed by atoms with E-state index in [0.717, 1.165) is 11.1 Å². The zero-order valence-corrected chi connectivity index (χ0v) is 15.6. The van der Waals surface area contributed by atoms with Gasteiger partial charge in [0.1, 0.15) is 5.75 Å². The predicted octanol–water partition coefficient (Wildman–Crippen LogP) is 3.68. The number of nitro groups is 1. The Bertz CT molecular complexity index is 1030. The number of benzene rings is 2. The van der Waals surface area contributed by atoms with Gasteiger partial charge in [0.15, 0.2) is 5.78 Å². The van der Waals surface area contributed by atoms with Crippen LogP contribution in [0.2, 0.25) is 0 Å². The van der Waals surface area contributed by atoms with Gasteiger partial charge in [0.05, 0.1) is 22.5 Å². The van der Waals surface area contributed by atoms with E-state index in [-0.39, 0.29) is 34.6 Å². The first-order chi connectivity index (χ1) is 13.3. The number of aryl methyl sites for hydroxylation is 1. The van der Waals surface area contributed by atoms with Crippen molar-refractivity contribution in [2.45, 2.75) is 32.3 Å². The van der Waals surface area contributed by atoms with Crippen molar-refractivity contribution in [1.29, 1.82) is 0 Å². The van der Waals surface area contributed by atoms with Crippen LogP contribution in [0.4, 0.5) is 5.69 Å². The van der Waals surface area contributed by atoms with E-state index in [2.05, 4.69) is 0 Å². The number of hydrogen-bond acceptors (Lipinski definition) is 5. The Balaban J connectivity index is 1.90. The van der Waals surface area contributed by atoms with E-state index in [4.69, 9.17) is 0 Å². The number of nitro benzene ring substituents is 1. The molecule has 4 atom stereocenters. The van der Waals surface area contributed by atoms with Crippen molar-refractivity contribution < 1.29 is 19.9 Å². The topological polar surface area (TPSA) is 101 Å². The van der Waals surface area contributed by atoms with E-state index in [1.807, 2.05) is 19.1 Å². The van der Waals surface area contributed by atoms with Crippen molar-refractivity contribution in [1.82, 2.24) is 0 Å². The molecule has 6 heteroatoms. The molecule has 2 N–H and O–H groups in total. The van der Waals surface area contributed by atoms with Gasteiger partial charge in [-0.15, -0.1) is 0 Å². The Morgan fingerprint density at radius 3 is 2.61 bits per heavy atom. The number of carbonyl (C=O) groups excluding carboxylic acids is 1. The minimum atomic E-state index is -0.967. The molecule has 0 saturated carbocycles. The van der Waals surface area contributed by atoms with Gasteiger partial charge in [-0.1, -0.05) is 30.3 Å². The molecule has 6 nitrogen and oxygen atoms in total. The number of rotatable bonds is 2. The van der Waals surface area contributed by atoms with Gasteiger partial charge in [-0.05, 0) is 49.0 Å². The molecular weight excluding hydrogens is 358 g/mol. The molecule has 0 aromatic heterocycles. The summed E-state index contributed by atoms with van der Waals surface area (Å²) in [5.41, 5.74) is 3.01. The first-order valence-corrected chi connectivity index (χ1v) is 9.26. The second-order valence-corrected chi connectivity index (χ2v) is 7.77. The minimum absolute atomic E-state index is 0.0111. The molecule has 144 valence electrons. The highest BCUT2D eigenvalue weighted by Gasteiger charge is 2.48. The van der Waals surface area contributed by atoms with Gasteiger partial charge in [0, 0.05) is 17.5 Å². The van der Waals surface area contributed by atoms with Crippen LogP contribution in [0.3, 0.4) is 0 Å². The molecule has 2 aliphatic rings. The van der Waals surface area contributed by atoms with Crippen molar-refractivity contribution in [2.24, 2.45) is 11.8 Å². The molecule has 0 spiro atoms. The number of ketones is 1. The normalized spacial score (nSPS) is 26.2. The molecule has 0 fully saturated rings. The Labute approximate surface area is 162 Å². The van der Waals surface area contributed by atoms with E-state index >= 15 is 0 Å². The summed E-state index contributed by atoms with van der Waals surface area (Å²) in [6.45, 7) is 3.58. The monoisotopic (exact) mass is 379 g/mol. The average Bonchev–Trinajstić information content (AvgIpc) is 2.63. The van der Waals surface area contributed by atoms with Gasteiger partial charge in [-0.3, -0.25) is 14.9 Å². The number of carbonyl (C=O) groups is 1. The van der Waals surface area contributed by atoms with Crippen LogP contribution >= 0.6 is 0 Å². The maximum Gasteiger partial charge on any atom is 0.273 e. The number of hydrogen-bond donors (Lipinski definition) is 2. The first kappa shape index (κ1) is 18.4. The Kier molecular flexibility index (Phi) is 4.31. The molecular formula is C22H21NO5. The number of Topliss-reactive ketones (excluding diaryl/α,β-unsaturated/α-hetero) is 1. The van der Waals surface area contributed by atoms with E-state index in [1.54, 1.807) is 31.2 Å². The third-order valence-corrected chi connectivity index (χ3v) is 6.01. The minimum Gasteiger partial charge on any atom is -0.507 e. The van der Waals surface area contributed by atoms with Gasteiger partial charge < -0.3 is 10.2 Å². The summed E-state index contributed by atoms with van der Waals surface area (Å²) in [6.07, 6.45) is 1.34. The largest absolute Gasteiger partial charge is 0.507 e. The molecule has 0 heterocycles. The number of aliphatic hydroxyl groups excluding tert-OH is 1. The SMILES string of the molecule is CC1=CC(c2ccccc2[N+](=O)[O-])C2Cc3cc(C)cc(O)c3C(=O)C2C1O. The Hall–Kier alpha value is -2.99. The molecule has 0 amide bonds. The Morgan fingerprint density at radius 2 is 1.89 bits per heavy atom. The fraction of sp³-hybridized carbons (Fsp3) is 0.318. The molecule has 4 unspecified atom stereocenters. The quantitative estimate of drug-likeness (QED) is 0.471. The molecule has 28 heavy (non-hydrogen) atoms. The van der Waals surface area contributed by atoms with Gasteiger partial charge >= 0.3 is 0 Å². The van der Waals surface area contributed by atoms with Crippen LogP contribution in [0, 0.1) is 28.9 Å². The number of aromatic hydroxyl groups is 1. The summed E-state index contributed by atoms with van der Waals surface area (Å²) in [6, 6.07) is 9.98. The maximum absolute atomic E-state index is 13.3. The summed E-state index contributed by atoms with van der Waals surface area (Å²) in [5.74, 6) is -1.79. The van der Waals surface area contributed by atoms with Crippen LogP contribution in [-0.2, 0) is 6.42 Å². The lowest BCUT2D eigenvalue weighted by atomic mass is 9.61. The van der Waals surface area contributed by atoms with Crippen LogP contribution < -0.4 is 0 Å². The third kappa shape index (κ3) is 2.72. The van der Waals surface area contributed by atoms with Crippen molar-refractivity contribution in [3.05, 3.63) is 80.4 Å². The zero-order valence-electron chi connectivity index (χ0n) is 15.6. The number of phenols is 1. The van der Waals surface area contributed by atoms with Crippen LogP contribution in [0.1, 0.15) is 39.9 Å². The second-order valence-electron chi connectivity index (χ2n) is 7.77. The summed E-state index contributed by atoms with van der Waals surface area (Å²) in [5, 5.41) is 32.7. The van der Waals surface area contributed by atoms with Crippen molar-refractivity contribution >= 4 is 11.5 Å². The fourth-order valence-corrected chi connectivity index (χ4v) is 4.80. The molecule has 2 aromatic rings. The van der Waals surface area contributed by atoms with E-state index in [0.29, 0.717) is 17.6 Å². The van der Waals surface area contributed by atoms with Crippen LogP contribution in [0.15, 0.2) is 48.0 Å². The predicted molar refractivity (Wildman–Crippen MR) is 103 cm³/mol. The summed E-state index contributed by atoms with van der Waals surface area (Å²) < 4.78 is 0. The van der Waals surface area contributed by atoms with Gasteiger partial charge in [-0.2, -0.15) is 0 Å². The molecule has 2 aliphatic carbocycles. The lowest BCUT2D eigenvalue weighted by molar-refractivity contribution is -0.385. The van der Waals surface area contributed by atoms with Gasteiger partial charge in [-0.25, -0.2) is 0 Å². The fourth-order valence-electron chi connectivity index (χ4n) is 4.80. The summed E-state index contributed by atoms with van der Waals surface area (Å²) in [7, 11) is 0. The van der Waals surface area contributed by atoms with E-state index in [9.17, 15) is 25.1 Å². The van der Waals surface area contributed by atoms with Crippen LogP contribution in [-0.4, -0.2) is 27.0 Å². The number of para-hydroxylation sites is 1. The Morgan fingerprint density at radius 1 is 1.18 bits per heavy atom. The lowest BCUT2D eigenvalue weighted by Crippen LogP contribution is -2.45. The molecule has 4 rings (SSSR count). The van der Waals surface area contributed by atoms with Gasteiger partial charge in [0.25, 0.3) is 5.69 Å². The smallest absolute Gasteiger partial charge is 0.273 e. The molecule has 2 aromatic carbocycles. The van der Waals surface area contributed by atoms with Crippen molar-refractivity contribution in [2.75, 3.05) is 0 Å². The lowest BCUT2D eigenvalue weighted by Gasteiger charge is -2.42. The number of allylic oxidation sites excluding steroid dienone is 1. The van der Waals surface area contributed by atoms with Gasteiger partial charge in [0.2, 0.25) is 0 Å². The highest BCUT2D eigenvalue weighted by atomic mass is 16.6. The van der Waals surface area contributed by atoms with Crippen LogP contribution in [0.25, 0.3) is 0 Å². The zero-order chi connectivity index (χ0) is 20.2. The summed E-state index contributed by atoms with van der Waals surface area (Å²) >= 11 is 0. The van der Waals surface area contributed by atoms with E-state index < -0.39 is 16.9 Å². The standard InChI is InChI=1S/C22H21NO5/c1-11-7-13-10-16-15(14-5-3-4-6-17(14)23(27)28)9-12(2)21(25)20(16)22(26)19(13)18(24)8-11/h3-9,15-16,20-21,24-25H,10H2,1-2H3. The number of fused-ring (bicyclic) bond motifs is 2. The first-order valence-electron chi connectivity index (χ1n) is 9.26. The summed E-state index contributed by atoms with van der Waals surface area (Å²) in [4.78, 5) is 24.4. The maximum atomic E-state index is 13.3. The molecule has 0 bridgehead atoms. The van der Waals surface area contributed by atoms with Crippen molar-refractivity contribution in [3.63, 3.8) is 0 Å². The highest BCUT2D eigenvalue weighted by molar-refractivity contribution is 6.03. The average molecular weight is 379 g/mol. The number of phenolic OH excluding ortho intramolecular Hbond substituents is 1. The number of nitrogens with zero attached hydrogens (tertiary/aromatic N) is 1. The van der Waals surface area contributed by atoms with Crippen molar-refractivity contribution in [3.8, 4) is 5.75 Å². The highest BCUT2D eigenvalue weighted by Crippen LogP contribution is 2.49. The molecule has 0 aliphatic heterocycles. The third-order valence-electron chi connectivity index (χ3n) is 6.01. The second kappa shape index (κ2) is 6.56. The number of aliphatic hydroxyl groups is 1. The molecule has 0 saturated heterocycles. The van der Waals surface area contributed by atoms with E-state index in [1.165, 1.54) is 6.07 Å².